The van der Waals surface area contributed by atoms with Gasteiger partial charge in [0.25, 0.3) is 11.5 Å². The number of esters is 1. The van der Waals surface area contributed by atoms with Gasteiger partial charge < -0.3 is 19.7 Å². The maximum Gasteiger partial charge on any atom is 0.411 e. The van der Waals surface area contributed by atoms with Crippen molar-refractivity contribution in [2.45, 2.75) is 50.6 Å². The standard InChI is InChI=1S/C36H32F4N6O6/c1-19-14-21(45-12-13-51-18-29(45)36(38,39)40)16-25(37)30(19)32(47)43-26(34(49)52-22-6-7-22)15-20-5-8-27(31-23(20)4-3-10-42-31)46-33(48)24-9-11-41-17-28(24)44(2)35(46)50/h3-5,8-11,14,16-17,22,26,29H,6-7,12-13,15,18H2,1-2H3,(H,43,47)/t26-,29+/m0/s1. The SMILES string of the molecule is Cc1cc(N2CCOC[C@@H]2C(F)(F)F)cc(F)c1C(=O)N[C@@H](Cc1ccc(-n2c(=O)c3ccncc3n(C)c2=O)c2ncccc12)C(=O)OC1CC1. The van der Waals surface area contributed by atoms with Crippen LogP contribution in [0.1, 0.15) is 34.3 Å². The number of aryl methyl sites for hydroxylation is 2. The van der Waals surface area contributed by atoms with Crippen LogP contribution in [-0.2, 0) is 27.7 Å². The van der Waals surface area contributed by atoms with E-state index in [1.165, 1.54) is 55.3 Å². The van der Waals surface area contributed by atoms with Crippen molar-refractivity contribution in [2.24, 2.45) is 7.05 Å². The minimum atomic E-state index is -4.63. The average Bonchev–Trinajstić information content (AvgIpc) is 3.94. The summed E-state index contributed by atoms with van der Waals surface area (Å²) >= 11 is 0. The van der Waals surface area contributed by atoms with Gasteiger partial charge in [-0.05, 0) is 61.2 Å². The number of carbonyl (C=O) groups excluding carboxylic acids is 2. The minimum Gasteiger partial charge on any atom is -0.461 e. The topological polar surface area (TPSA) is 138 Å². The normalized spacial score (nSPS) is 17.0. The van der Waals surface area contributed by atoms with Crippen molar-refractivity contribution < 1.29 is 36.6 Å². The van der Waals surface area contributed by atoms with E-state index in [-0.39, 0.29) is 53.5 Å². The fourth-order valence-corrected chi connectivity index (χ4v) is 6.52. The molecule has 4 heterocycles. The number of carbonyl (C=O) groups is 2. The van der Waals surface area contributed by atoms with Crippen LogP contribution in [0.5, 0.6) is 0 Å². The maximum atomic E-state index is 15.7. The number of rotatable bonds is 8. The molecule has 3 aromatic heterocycles. The average molecular weight is 721 g/mol. The number of ether oxygens (including phenoxy) is 2. The second-order valence-electron chi connectivity index (χ2n) is 12.8. The maximum absolute atomic E-state index is 15.7. The molecule has 2 aliphatic rings. The lowest BCUT2D eigenvalue weighted by Crippen LogP contribution is -2.53. The summed E-state index contributed by atoms with van der Waals surface area (Å²) in [5.41, 5.74) is -0.334. The summed E-state index contributed by atoms with van der Waals surface area (Å²) in [5.74, 6) is -2.79. The molecule has 270 valence electrons. The highest BCUT2D eigenvalue weighted by Crippen LogP contribution is 2.33. The Hall–Kier alpha value is -5.64. The number of halogens is 4. The Kier molecular flexibility index (Phi) is 9.02. The number of hydrogen-bond donors (Lipinski definition) is 1. The highest BCUT2D eigenvalue weighted by Gasteiger charge is 2.46. The van der Waals surface area contributed by atoms with Crippen molar-refractivity contribution in [1.82, 2.24) is 24.4 Å². The molecule has 1 aliphatic heterocycles. The monoisotopic (exact) mass is 720 g/mol. The van der Waals surface area contributed by atoms with E-state index in [1.54, 1.807) is 18.2 Å². The third kappa shape index (κ3) is 6.49. The van der Waals surface area contributed by atoms with Crippen LogP contribution in [0, 0.1) is 12.7 Å². The molecule has 52 heavy (non-hydrogen) atoms. The zero-order valence-corrected chi connectivity index (χ0v) is 27.9. The van der Waals surface area contributed by atoms with Gasteiger partial charge >= 0.3 is 17.8 Å². The summed E-state index contributed by atoms with van der Waals surface area (Å²) in [6, 6.07) is 6.82. The van der Waals surface area contributed by atoms with E-state index in [2.05, 4.69) is 15.3 Å². The molecule has 2 atom stereocenters. The molecule has 0 radical (unpaired) electrons. The molecular weight excluding hydrogens is 688 g/mol. The Morgan fingerprint density at radius 3 is 2.62 bits per heavy atom. The van der Waals surface area contributed by atoms with Gasteiger partial charge in [-0.2, -0.15) is 13.2 Å². The number of aromatic nitrogens is 4. The molecule has 0 unspecified atom stereocenters. The van der Waals surface area contributed by atoms with E-state index in [0.717, 1.165) is 15.5 Å². The highest BCUT2D eigenvalue weighted by molar-refractivity contribution is 5.99. The summed E-state index contributed by atoms with van der Waals surface area (Å²) in [6.07, 6.45) is 0.548. The first kappa shape index (κ1) is 34.8. The van der Waals surface area contributed by atoms with Crippen LogP contribution >= 0.6 is 0 Å². The molecule has 1 amide bonds. The smallest absolute Gasteiger partial charge is 0.411 e. The first-order valence-corrected chi connectivity index (χ1v) is 16.5. The number of pyridine rings is 2. The van der Waals surface area contributed by atoms with E-state index in [9.17, 15) is 32.3 Å². The first-order valence-electron chi connectivity index (χ1n) is 16.5. The van der Waals surface area contributed by atoms with Crippen molar-refractivity contribution in [2.75, 3.05) is 24.7 Å². The number of amides is 1. The number of nitrogens with zero attached hydrogens (tertiary/aromatic N) is 5. The fourth-order valence-electron chi connectivity index (χ4n) is 6.52. The molecule has 7 rings (SSSR count). The van der Waals surface area contributed by atoms with Crippen molar-refractivity contribution in [3.05, 3.63) is 104 Å². The van der Waals surface area contributed by atoms with Crippen LogP contribution in [0.3, 0.4) is 0 Å². The lowest BCUT2D eigenvalue weighted by atomic mass is 9.99. The number of benzene rings is 2. The second-order valence-corrected chi connectivity index (χ2v) is 12.8. The molecule has 2 aromatic carbocycles. The third-order valence-electron chi connectivity index (χ3n) is 9.31. The molecule has 2 fully saturated rings. The van der Waals surface area contributed by atoms with Crippen LogP contribution in [0.25, 0.3) is 27.5 Å². The van der Waals surface area contributed by atoms with E-state index in [1.807, 2.05) is 0 Å². The number of morpholine rings is 1. The van der Waals surface area contributed by atoms with Gasteiger partial charge in [0.2, 0.25) is 0 Å². The molecule has 0 spiro atoms. The highest BCUT2D eigenvalue weighted by atomic mass is 19.4. The van der Waals surface area contributed by atoms with Crippen molar-refractivity contribution in [1.29, 1.82) is 0 Å². The van der Waals surface area contributed by atoms with Gasteiger partial charge in [0.05, 0.1) is 47.1 Å². The predicted molar refractivity (Wildman–Crippen MR) is 181 cm³/mol. The minimum absolute atomic E-state index is 0.0127. The van der Waals surface area contributed by atoms with Gasteiger partial charge in [0.1, 0.15) is 24.0 Å². The number of fused-ring (bicyclic) bond motifs is 2. The van der Waals surface area contributed by atoms with Crippen LogP contribution in [0.15, 0.2) is 70.6 Å². The molecule has 16 heteroatoms. The lowest BCUT2D eigenvalue weighted by molar-refractivity contribution is -0.167. The summed E-state index contributed by atoms with van der Waals surface area (Å²) in [6.45, 7) is 0.664. The number of anilines is 1. The van der Waals surface area contributed by atoms with Crippen LogP contribution in [0.4, 0.5) is 23.2 Å². The van der Waals surface area contributed by atoms with Gasteiger partial charge in [-0.15, -0.1) is 0 Å². The number of hydrogen-bond acceptors (Lipinski definition) is 9. The zero-order chi connectivity index (χ0) is 36.9. The van der Waals surface area contributed by atoms with Gasteiger partial charge in [-0.1, -0.05) is 12.1 Å². The molecule has 0 bridgehead atoms. The molecule has 1 N–H and O–H groups in total. The Balaban J connectivity index is 1.23. The first-order chi connectivity index (χ1) is 24.8. The molecule has 1 saturated heterocycles. The Bertz CT molecular complexity index is 2330. The summed E-state index contributed by atoms with van der Waals surface area (Å²) in [7, 11) is 1.52. The van der Waals surface area contributed by atoms with Crippen molar-refractivity contribution >= 4 is 39.4 Å². The quantitative estimate of drug-likeness (QED) is 0.187. The summed E-state index contributed by atoms with van der Waals surface area (Å²) < 4.78 is 69.7. The molecule has 5 aromatic rings. The summed E-state index contributed by atoms with van der Waals surface area (Å²) in [4.78, 5) is 63.6. The van der Waals surface area contributed by atoms with Crippen molar-refractivity contribution in [3.63, 3.8) is 0 Å². The van der Waals surface area contributed by atoms with E-state index < -0.39 is 59.4 Å². The van der Waals surface area contributed by atoms with Crippen LogP contribution < -0.4 is 21.5 Å². The Labute approximate surface area is 292 Å². The molecular formula is C36H32F4N6O6. The van der Waals surface area contributed by atoms with Crippen LogP contribution in [0.2, 0.25) is 0 Å². The predicted octanol–water partition coefficient (Wildman–Crippen LogP) is 3.89. The number of nitrogens with one attached hydrogen (secondary N) is 1. The molecule has 1 aliphatic carbocycles. The van der Waals surface area contributed by atoms with Gasteiger partial charge in [-0.25, -0.2) is 18.5 Å². The van der Waals surface area contributed by atoms with Gasteiger partial charge in [0, 0.05) is 43.5 Å². The van der Waals surface area contributed by atoms with E-state index in [4.69, 9.17) is 9.47 Å². The van der Waals surface area contributed by atoms with Gasteiger partial charge in [0.15, 0.2) is 0 Å². The Morgan fingerprint density at radius 1 is 1.10 bits per heavy atom. The lowest BCUT2D eigenvalue weighted by Gasteiger charge is -2.38. The second kappa shape index (κ2) is 13.5. The number of alkyl halides is 3. The molecule has 12 nitrogen and oxygen atoms in total. The van der Waals surface area contributed by atoms with Crippen LogP contribution in [-0.4, -0.2) is 75.1 Å². The van der Waals surface area contributed by atoms with Gasteiger partial charge in [-0.3, -0.25) is 24.1 Å². The zero-order valence-electron chi connectivity index (χ0n) is 27.9. The fraction of sp³-hybridized carbons (Fsp3) is 0.333. The largest absolute Gasteiger partial charge is 0.461 e. The summed E-state index contributed by atoms with van der Waals surface area (Å²) in [5, 5.41) is 3.31. The van der Waals surface area contributed by atoms with E-state index >= 15 is 4.39 Å². The van der Waals surface area contributed by atoms with E-state index in [0.29, 0.717) is 29.3 Å². The molecule has 1 saturated carbocycles. The third-order valence-corrected chi connectivity index (χ3v) is 9.31. The Morgan fingerprint density at radius 2 is 1.88 bits per heavy atom. The van der Waals surface area contributed by atoms with Crippen molar-refractivity contribution in [3.8, 4) is 5.69 Å².